The van der Waals surface area contributed by atoms with Crippen molar-refractivity contribution >= 4 is 23.6 Å². The van der Waals surface area contributed by atoms with Crippen LogP contribution in [0, 0.1) is 5.92 Å². The van der Waals surface area contributed by atoms with Gasteiger partial charge in [-0.05, 0) is 36.1 Å². The van der Waals surface area contributed by atoms with E-state index in [1.54, 1.807) is 11.8 Å². The maximum atomic E-state index is 12.4. The molecule has 1 saturated heterocycles. The van der Waals surface area contributed by atoms with Crippen molar-refractivity contribution in [1.82, 2.24) is 10.2 Å². The van der Waals surface area contributed by atoms with E-state index < -0.39 is 0 Å². The van der Waals surface area contributed by atoms with Crippen LogP contribution in [0.3, 0.4) is 0 Å². The molecule has 27 heavy (non-hydrogen) atoms. The molecule has 2 aromatic carbocycles. The van der Waals surface area contributed by atoms with Crippen molar-refractivity contribution in [2.24, 2.45) is 5.92 Å². The average Bonchev–Trinajstić information content (AvgIpc) is 3.03. The van der Waals surface area contributed by atoms with Gasteiger partial charge in [0, 0.05) is 18.2 Å². The number of hydrogen-bond acceptors (Lipinski definition) is 3. The summed E-state index contributed by atoms with van der Waals surface area (Å²) in [7, 11) is 0. The molecule has 1 fully saturated rings. The second-order valence-corrected chi connectivity index (χ2v) is 8.37. The van der Waals surface area contributed by atoms with E-state index in [0.717, 1.165) is 11.1 Å². The molecule has 1 heterocycles. The van der Waals surface area contributed by atoms with Gasteiger partial charge >= 0.3 is 0 Å². The van der Waals surface area contributed by atoms with Crippen LogP contribution in [-0.2, 0) is 11.3 Å². The summed E-state index contributed by atoms with van der Waals surface area (Å²) in [5, 5.41) is 3.01. The van der Waals surface area contributed by atoms with Gasteiger partial charge in [0.1, 0.15) is 5.37 Å². The minimum Gasteiger partial charge on any atom is -0.349 e. The Balaban J connectivity index is 1.71. The van der Waals surface area contributed by atoms with E-state index in [4.69, 9.17) is 0 Å². The number of carbonyl (C=O) groups is 2. The Morgan fingerprint density at radius 3 is 2.41 bits per heavy atom. The molecule has 0 unspecified atom stereocenters. The highest BCUT2D eigenvalue weighted by Gasteiger charge is 2.32. The van der Waals surface area contributed by atoms with Crippen molar-refractivity contribution in [2.45, 2.75) is 38.7 Å². The largest absolute Gasteiger partial charge is 0.349 e. The van der Waals surface area contributed by atoms with Crippen molar-refractivity contribution < 1.29 is 9.59 Å². The molecule has 2 aromatic rings. The Hall–Kier alpha value is -2.27. The van der Waals surface area contributed by atoms with E-state index in [1.807, 2.05) is 66.4 Å². The second-order valence-electron chi connectivity index (χ2n) is 7.30. The summed E-state index contributed by atoms with van der Waals surface area (Å²) < 4.78 is 0. The molecule has 5 heteroatoms. The minimum absolute atomic E-state index is 0.00981. The number of hydrogen-bond donors (Lipinski definition) is 1. The van der Waals surface area contributed by atoms with Crippen LogP contribution in [0.4, 0.5) is 0 Å². The molecule has 3 rings (SSSR count). The smallest absolute Gasteiger partial charge is 0.251 e. The average molecular weight is 383 g/mol. The van der Waals surface area contributed by atoms with Crippen molar-refractivity contribution in [3.05, 3.63) is 71.3 Å². The van der Waals surface area contributed by atoms with Crippen LogP contribution in [0.5, 0.6) is 0 Å². The lowest BCUT2D eigenvalue weighted by Gasteiger charge is -2.24. The third-order valence-electron chi connectivity index (χ3n) is 4.98. The van der Waals surface area contributed by atoms with E-state index in [0.29, 0.717) is 23.8 Å². The number of nitrogens with zero attached hydrogens (tertiary/aromatic N) is 1. The van der Waals surface area contributed by atoms with Crippen LogP contribution in [0.2, 0.25) is 0 Å². The summed E-state index contributed by atoms with van der Waals surface area (Å²) in [5.74, 6) is 0.979. The number of thioether (sulfide) groups is 1. The Labute approximate surface area is 165 Å². The van der Waals surface area contributed by atoms with E-state index in [1.165, 1.54) is 0 Å². The van der Waals surface area contributed by atoms with Gasteiger partial charge in [-0.25, -0.2) is 0 Å². The number of rotatable bonds is 6. The Kier molecular flexibility index (Phi) is 6.22. The van der Waals surface area contributed by atoms with Crippen LogP contribution >= 0.6 is 11.8 Å². The number of nitrogens with one attached hydrogen (secondary N) is 1. The summed E-state index contributed by atoms with van der Waals surface area (Å²) in [6, 6.07) is 17.8. The summed E-state index contributed by atoms with van der Waals surface area (Å²) in [6.07, 6.45) is 0. The van der Waals surface area contributed by atoms with Gasteiger partial charge in [0.2, 0.25) is 5.91 Å². The van der Waals surface area contributed by atoms with Crippen LogP contribution in [-0.4, -0.2) is 28.5 Å². The van der Waals surface area contributed by atoms with Gasteiger partial charge in [-0.1, -0.05) is 56.3 Å². The van der Waals surface area contributed by atoms with E-state index in [-0.39, 0.29) is 23.2 Å². The lowest BCUT2D eigenvalue weighted by molar-refractivity contribution is -0.128. The molecule has 0 aliphatic carbocycles. The first-order valence-electron chi connectivity index (χ1n) is 9.31. The quantitative estimate of drug-likeness (QED) is 0.813. The highest BCUT2D eigenvalue weighted by Crippen LogP contribution is 2.39. The predicted molar refractivity (Wildman–Crippen MR) is 110 cm³/mol. The maximum absolute atomic E-state index is 12.4. The van der Waals surface area contributed by atoms with E-state index >= 15 is 0 Å². The van der Waals surface area contributed by atoms with E-state index in [9.17, 15) is 9.59 Å². The fourth-order valence-corrected chi connectivity index (χ4v) is 4.13. The molecule has 0 bridgehead atoms. The zero-order chi connectivity index (χ0) is 19.4. The molecule has 0 saturated carbocycles. The van der Waals surface area contributed by atoms with E-state index in [2.05, 4.69) is 19.2 Å². The Morgan fingerprint density at radius 2 is 1.78 bits per heavy atom. The first-order valence-corrected chi connectivity index (χ1v) is 10.4. The molecule has 0 aromatic heterocycles. The third-order valence-corrected chi connectivity index (χ3v) is 6.24. The number of amides is 2. The van der Waals surface area contributed by atoms with Gasteiger partial charge in [0.05, 0.1) is 5.75 Å². The second kappa shape index (κ2) is 8.61. The Bertz CT molecular complexity index is 790. The molecule has 2 amide bonds. The van der Waals surface area contributed by atoms with Crippen molar-refractivity contribution in [1.29, 1.82) is 0 Å². The fraction of sp³-hybridized carbons (Fsp3) is 0.364. The van der Waals surface area contributed by atoms with Crippen LogP contribution in [0.15, 0.2) is 54.6 Å². The molecule has 4 nitrogen and oxygen atoms in total. The maximum Gasteiger partial charge on any atom is 0.251 e. The molecule has 142 valence electrons. The lowest BCUT2D eigenvalue weighted by Crippen LogP contribution is -2.36. The van der Waals surface area contributed by atoms with Crippen LogP contribution in [0.1, 0.15) is 47.6 Å². The van der Waals surface area contributed by atoms with Crippen molar-refractivity contribution in [2.75, 3.05) is 5.75 Å². The predicted octanol–water partition coefficient (Wildman–Crippen LogP) is 4.24. The minimum atomic E-state index is -0.0564. The first-order chi connectivity index (χ1) is 13.0. The van der Waals surface area contributed by atoms with Gasteiger partial charge in [0.25, 0.3) is 5.91 Å². The highest BCUT2D eigenvalue weighted by atomic mass is 32.2. The molecule has 1 N–H and O–H groups in total. The first kappa shape index (κ1) is 19.5. The van der Waals surface area contributed by atoms with Gasteiger partial charge in [-0.3, -0.25) is 9.59 Å². The highest BCUT2D eigenvalue weighted by molar-refractivity contribution is 8.00. The summed E-state index contributed by atoms with van der Waals surface area (Å²) in [6.45, 7) is 6.79. The van der Waals surface area contributed by atoms with Crippen LogP contribution < -0.4 is 5.32 Å². The van der Waals surface area contributed by atoms with Crippen molar-refractivity contribution in [3.63, 3.8) is 0 Å². The molecule has 2 atom stereocenters. The number of benzene rings is 2. The topological polar surface area (TPSA) is 49.4 Å². The molecule has 1 aliphatic heterocycles. The fourth-order valence-electron chi connectivity index (χ4n) is 2.94. The SMILES string of the molecule is CC(C)[C@@H](C)NC(=O)c1ccc([C@@H]2SCC(=O)N2Cc2ccccc2)cc1. The van der Waals surface area contributed by atoms with Gasteiger partial charge < -0.3 is 10.2 Å². The zero-order valence-corrected chi connectivity index (χ0v) is 16.8. The normalized spacial score (nSPS) is 18.0. The molecule has 1 aliphatic rings. The number of carbonyl (C=O) groups excluding carboxylic acids is 2. The zero-order valence-electron chi connectivity index (χ0n) is 16.0. The van der Waals surface area contributed by atoms with Gasteiger partial charge in [0.15, 0.2) is 0 Å². The summed E-state index contributed by atoms with van der Waals surface area (Å²) in [4.78, 5) is 26.6. The molecule has 0 radical (unpaired) electrons. The van der Waals surface area contributed by atoms with Gasteiger partial charge in [-0.15, -0.1) is 11.8 Å². The molecular formula is C22H26N2O2S. The van der Waals surface area contributed by atoms with Gasteiger partial charge in [-0.2, -0.15) is 0 Å². The monoisotopic (exact) mass is 382 g/mol. The standard InChI is InChI=1S/C22H26N2O2S/c1-15(2)16(3)23-21(26)18-9-11-19(12-10-18)22-24(20(25)14-27-22)13-17-7-5-4-6-8-17/h4-12,15-16,22H,13-14H2,1-3H3,(H,23,26)/t16-,22+/m1/s1. The summed E-state index contributed by atoms with van der Waals surface area (Å²) in [5.41, 5.74) is 2.82. The summed E-state index contributed by atoms with van der Waals surface area (Å²) >= 11 is 1.64. The lowest BCUT2D eigenvalue weighted by atomic mass is 10.1. The Morgan fingerprint density at radius 1 is 1.11 bits per heavy atom. The molecular weight excluding hydrogens is 356 g/mol. The molecule has 0 spiro atoms. The van der Waals surface area contributed by atoms with Crippen molar-refractivity contribution in [3.8, 4) is 0 Å². The van der Waals surface area contributed by atoms with Crippen LogP contribution in [0.25, 0.3) is 0 Å². The third kappa shape index (κ3) is 4.72.